The summed E-state index contributed by atoms with van der Waals surface area (Å²) >= 11 is 12.3. The molecule has 1 aliphatic heterocycles. The zero-order valence-corrected chi connectivity index (χ0v) is 20.6. The van der Waals surface area contributed by atoms with Crippen molar-refractivity contribution in [1.82, 2.24) is 5.01 Å². The van der Waals surface area contributed by atoms with E-state index >= 15 is 0 Å². The summed E-state index contributed by atoms with van der Waals surface area (Å²) in [6, 6.07) is 17.3. The molecule has 2 atom stereocenters. The number of fused-ring (bicyclic) bond motifs is 3. The van der Waals surface area contributed by atoms with Crippen LogP contribution in [-0.2, 0) is 6.42 Å². The summed E-state index contributed by atoms with van der Waals surface area (Å²) in [5.41, 5.74) is 8.51. The minimum atomic E-state index is -4.71. The summed E-state index contributed by atoms with van der Waals surface area (Å²) in [4.78, 5) is 0. The summed E-state index contributed by atoms with van der Waals surface area (Å²) < 4.78 is 41.5. The molecule has 0 saturated heterocycles. The monoisotopic (exact) mass is 532 g/mol. The highest BCUT2D eigenvalue weighted by atomic mass is 35.5. The van der Waals surface area contributed by atoms with Gasteiger partial charge in [-0.25, -0.2) is 0 Å². The van der Waals surface area contributed by atoms with Gasteiger partial charge in [0.2, 0.25) is 0 Å². The van der Waals surface area contributed by atoms with Crippen molar-refractivity contribution in [3.8, 4) is 5.75 Å². The molecule has 3 aromatic carbocycles. The van der Waals surface area contributed by atoms with Crippen LogP contribution in [0.3, 0.4) is 0 Å². The molecule has 5 nitrogen and oxygen atoms in total. The fourth-order valence-corrected chi connectivity index (χ4v) is 5.30. The predicted molar refractivity (Wildman–Crippen MR) is 136 cm³/mol. The van der Waals surface area contributed by atoms with Gasteiger partial charge in [0.05, 0.1) is 33.7 Å². The number of rotatable bonds is 5. The van der Waals surface area contributed by atoms with Crippen LogP contribution in [0.2, 0.25) is 10.0 Å². The number of ether oxygens (including phenoxy) is 1. The van der Waals surface area contributed by atoms with E-state index in [0.717, 1.165) is 35.2 Å². The number of nitrogens with zero attached hydrogens (tertiary/aromatic N) is 3. The van der Waals surface area contributed by atoms with Crippen molar-refractivity contribution in [1.29, 1.82) is 0 Å². The molecule has 0 fully saturated rings. The van der Waals surface area contributed by atoms with Crippen molar-refractivity contribution >= 4 is 40.8 Å². The second-order valence-electron chi connectivity index (χ2n) is 8.65. The Morgan fingerprint density at radius 3 is 2.50 bits per heavy atom. The van der Waals surface area contributed by atoms with E-state index in [1.54, 1.807) is 36.5 Å². The summed E-state index contributed by atoms with van der Waals surface area (Å²) in [5.74, 6) is -0.0945. The molecule has 0 radical (unpaired) electrons. The van der Waals surface area contributed by atoms with E-state index in [0.29, 0.717) is 15.7 Å². The number of halogens is 5. The van der Waals surface area contributed by atoms with Crippen molar-refractivity contribution in [3.63, 3.8) is 0 Å². The molecule has 1 N–H and O–H groups in total. The number of nitrogens with one attached hydrogen (secondary N) is 1. The minimum absolute atomic E-state index is 0.0566. The van der Waals surface area contributed by atoms with Crippen LogP contribution in [0.25, 0.3) is 0 Å². The van der Waals surface area contributed by atoms with E-state index in [1.165, 1.54) is 17.7 Å². The van der Waals surface area contributed by atoms with Gasteiger partial charge in [-0.05, 0) is 59.9 Å². The van der Waals surface area contributed by atoms with Crippen molar-refractivity contribution < 1.29 is 17.9 Å². The van der Waals surface area contributed by atoms with E-state index in [9.17, 15) is 13.2 Å². The maximum Gasteiger partial charge on any atom is 0.573 e. The number of alkyl halides is 3. The minimum Gasteiger partial charge on any atom is -0.406 e. The molecule has 0 amide bonds. The van der Waals surface area contributed by atoms with Crippen LogP contribution in [0, 0.1) is 5.92 Å². The third kappa shape index (κ3) is 5.01. The molecule has 36 heavy (non-hydrogen) atoms. The van der Waals surface area contributed by atoms with Gasteiger partial charge >= 0.3 is 6.36 Å². The summed E-state index contributed by atoms with van der Waals surface area (Å²) in [6.07, 6.45) is -1.28. The molecule has 1 aliphatic carbocycles. The van der Waals surface area contributed by atoms with Gasteiger partial charge in [0.1, 0.15) is 5.75 Å². The molecular weight excluding hydrogens is 512 g/mol. The highest BCUT2D eigenvalue weighted by Gasteiger charge is 2.40. The lowest BCUT2D eigenvalue weighted by Gasteiger charge is -2.29. The van der Waals surface area contributed by atoms with E-state index in [-0.39, 0.29) is 17.7 Å². The number of hydrazone groups is 2. The number of anilines is 1. The zero-order valence-electron chi connectivity index (χ0n) is 19.1. The molecule has 0 aromatic heterocycles. The van der Waals surface area contributed by atoms with Gasteiger partial charge in [-0.15, -0.1) is 13.2 Å². The smallest absolute Gasteiger partial charge is 0.406 e. The van der Waals surface area contributed by atoms with Crippen LogP contribution in [0.15, 0.2) is 70.9 Å². The quantitative estimate of drug-likeness (QED) is 0.277. The zero-order chi connectivity index (χ0) is 25.4. The Morgan fingerprint density at radius 2 is 1.81 bits per heavy atom. The molecule has 186 valence electrons. The first-order valence-corrected chi connectivity index (χ1v) is 12.0. The Hall–Kier alpha value is -3.23. The van der Waals surface area contributed by atoms with Gasteiger partial charge < -0.3 is 4.74 Å². The van der Waals surface area contributed by atoms with Gasteiger partial charge in [0.25, 0.3) is 0 Å². The van der Waals surface area contributed by atoms with Crippen LogP contribution in [0.5, 0.6) is 5.75 Å². The Morgan fingerprint density at radius 1 is 1.08 bits per heavy atom. The third-order valence-corrected chi connectivity index (χ3v) is 6.97. The third-order valence-electron chi connectivity index (χ3n) is 6.34. The van der Waals surface area contributed by atoms with Crippen molar-refractivity contribution in [2.75, 3.05) is 12.5 Å². The maximum absolute atomic E-state index is 12.5. The molecule has 0 saturated carbocycles. The Labute approximate surface area is 216 Å². The molecule has 1 heterocycles. The van der Waals surface area contributed by atoms with Crippen LogP contribution < -0.4 is 10.2 Å². The Bertz CT molecular complexity index is 1320. The lowest BCUT2D eigenvalue weighted by molar-refractivity contribution is -0.274. The molecule has 0 bridgehead atoms. The van der Waals surface area contributed by atoms with E-state index in [2.05, 4.69) is 21.3 Å². The van der Waals surface area contributed by atoms with Crippen LogP contribution >= 0.6 is 23.2 Å². The number of aryl methyl sites for hydroxylation is 1. The van der Waals surface area contributed by atoms with E-state index in [4.69, 9.17) is 28.3 Å². The summed E-state index contributed by atoms with van der Waals surface area (Å²) in [5, 5.41) is 11.9. The number of para-hydroxylation sites is 1. The summed E-state index contributed by atoms with van der Waals surface area (Å²) in [6.45, 7) is 0. The van der Waals surface area contributed by atoms with Crippen molar-refractivity contribution in [2.45, 2.75) is 25.2 Å². The Kier molecular flexibility index (Phi) is 6.57. The first-order chi connectivity index (χ1) is 17.2. The highest BCUT2D eigenvalue weighted by Crippen LogP contribution is 2.43. The highest BCUT2D eigenvalue weighted by molar-refractivity contribution is 6.39. The van der Waals surface area contributed by atoms with Crippen LogP contribution in [0.1, 0.15) is 34.7 Å². The lowest BCUT2D eigenvalue weighted by Crippen LogP contribution is -2.27. The van der Waals surface area contributed by atoms with Gasteiger partial charge in [-0.2, -0.15) is 10.2 Å². The second-order valence-corrected chi connectivity index (χ2v) is 9.46. The van der Waals surface area contributed by atoms with Crippen molar-refractivity contribution in [2.24, 2.45) is 16.1 Å². The first-order valence-electron chi connectivity index (χ1n) is 11.2. The lowest BCUT2D eigenvalue weighted by atomic mass is 9.77. The Balaban J connectivity index is 1.32. The topological polar surface area (TPSA) is 49.2 Å². The van der Waals surface area contributed by atoms with Crippen LogP contribution in [0.4, 0.5) is 18.9 Å². The molecule has 2 unspecified atom stereocenters. The van der Waals surface area contributed by atoms with E-state index in [1.807, 2.05) is 24.2 Å². The number of benzene rings is 3. The molecule has 0 spiro atoms. The number of hydrogen-bond acceptors (Lipinski definition) is 5. The fraction of sp³-hybridized carbons (Fsp3) is 0.231. The molecular formula is C26H21Cl2F3N4O. The average Bonchev–Trinajstić information content (AvgIpc) is 3.16. The standard InChI is InChI=1S/C26H21Cl2F3N4O/c1-35-25(16-6-9-18(10-7-16)36-26(29,30)31)20-12-8-17-13-15(5-11-19(17)23(20)34-35)14-32-33-24-21(27)3-2-4-22(24)28/h2-7,9-11,13-14,20,25,33H,8,12H2,1H3/b32-14+. The van der Waals surface area contributed by atoms with Gasteiger partial charge in [0, 0.05) is 18.5 Å². The maximum atomic E-state index is 12.5. The fourth-order valence-electron chi connectivity index (χ4n) is 4.82. The summed E-state index contributed by atoms with van der Waals surface area (Å²) in [7, 11) is 1.89. The molecule has 10 heteroatoms. The number of hydrogen-bond donors (Lipinski definition) is 1. The van der Waals surface area contributed by atoms with Crippen LogP contribution in [-0.4, -0.2) is 30.3 Å². The van der Waals surface area contributed by atoms with E-state index < -0.39 is 6.36 Å². The largest absolute Gasteiger partial charge is 0.573 e. The van der Waals surface area contributed by atoms with Crippen molar-refractivity contribution in [3.05, 3.63) is 93.0 Å². The average molecular weight is 533 g/mol. The molecule has 2 aliphatic rings. The molecule has 3 aromatic rings. The SMILES string of the molecule is CN1N=C2c3ccc(/C=N/Nc4c(Cl)cccc4Cl)cc3CCC2C1c1ccc(OC(F)(F)F)cc1. The van der Waals surface area contributed by atoms with Gasteiger partial charge in [-0.1, -0.05) is 53.5 Å². The first kappa shape index (κ1) is 24.5. The van der Waals surface area contributed by atoms with Gasteiger partial charge in [0.15, 0.2) is 0 Å². The van der Waals surface area contributed by atoms with Gasteiger partial charge in [-0.3, -0.25) is 10.4 Å². The second kappa shape index (κ2) is 9.67. The normalized spacial score (nSPS) is 19.2. The predicted octanol–water partition coefficient (Wildman–Crippen LogP) is 7.29. The molecule has 5 rings (SSSR count).